The molecule has 2 fully saturated rings. The van der Waals surface area contributed by atoms with Gasteiger partial charge in [-0.1, -0.05) is 17.7 Å². The van der Waals surface area contributed by atoms with Crippen LogP contribution in [0.15, 0.2) is 23.1 Å². The molecule has 7 nitrogen and oxygen atoms in total. The first kappa shape index (κ1) is 20.9. The van der Waals surface area contributed by atoms with Gasteiger partial charge < -0.3 is 19.5 Å². The van der Waals surface area contributed by atoms with Crippen LogP contribution in [0.5, 0.6) is 5.75 Å². The molecule has 1 N–H and O–H groups in total. The topological polar surface area (TPSA) is 80.6 Å². The van der Waals surface area contributed by atoms with Gasteiger partial charge >= 0.3 is 0 Å². The second-order valence-electron chi connectivity index (χ2n) is 8.43. The Morgan fingerprint density at radius 2 is 2.06 bits per heavy atom. The van der Waals surface area contributed by atoms with Gasteiger partial charge in [-0.3, -0.25) is 14.4 Å². The Labute approximate surface area is 186 Å². The summed E-state index contributed by atoms with van der Waals surface area (Å²) >= 11 is 5.58. The lowest BCUT2D eigenvalue weighted by Crippen LogP contribution is -2.52. The van der Waals surface area contributed by atoms with Gasteiger partial charge in [-0.2, -0.15) is 0 Å². The van der Waals surface area contributed by atoms with Crippen molar-refractivity contribution in [3.8, 4) is 5.75 Å². The zero-order valence-electron chi connectivity index (χ0n) is 17.2. The summed E-state index contributed by atoms with van der Waals surface area (Å²) in [5.41, 5.74) is -0.814. The first-order valence-electron chi connectivity index (χ1n) is 10.4. The van der Waals surface area contributed by atoms with Gasteiger partial charge in [0.15, 0.2) is 11.4 Å². The lowest BCUT2D eigenvalue weighted by atomic mass is 9.95. The molecule has 0 radical (unpaired) electrons. The Bertz CT molecular complexity index is 1210. The predicted octanol–water partition coefficient (Wildman–Crippen LogP) is 2.73. The van der Waals surface area contributed by atoms with E-state index in [-0.39, 0.29) is 47.1 Å². The molecular weight excluding hydrogens is 444 g/mol. The zero-order valence-corrected chi connectivity index (χ0v) is 17.9. The van der Waals surface area contributed by atoms with Gasteiger partial charge in [-0.05, 0) is 31.2 Å². The number of fused-ring (bicyclic) bond motifs is 6. The molecule has 1 saturated heterocycles. The highest BCUT2D eigenvalue weighted by Crippen LogP contribution is 2.46. The van der Waals surface area contributed by atoms with Crippen LogP contribution in [0.1, 0.15) is 45.7 Å². The van der Waals surface area contributed by atoms with Gasteiger partial charge in [0.1, 0.15) is 22.2 Å². The number of methoxy groups -OCH3 is 1. The molecule has 5 rings (SSSR count). The summed E-state index contributed by atoms with van der Waals surface area (Å²) in [6.45, 7) is 0.175. The summed E-state index contributed by atoms with van der Waals surface area (Å²) in [7, 11) is 1.28. The lowest BCUT2D eigenvalue weighted by molar-refractivity contribution is 0.0481. The Morgan fingerprint density at radius 3 is 2.81 bits per heavy atom. The van der Waals surface area contributed by atoms with Crippen LogP contribution in [-0.4, -0.2) is 40.5 Å². The summed E-state index contributed by atoms with van der Waals surface area (Å²) in [5, 5.41) is 1.80. The quantitative estimate of drug-likeness (QED) is 0.707. The van der Waals surface area contributed by atoms with E-state index in [0.717, 1.165) is 25.3 Å². The largest absolute Gasteiger partial charge is 0.491 e. The van der Waals surface area contributed by atoms with Crippen LogP contribution in [0, 0.1) is 17.6 Å². The van der Waals surface area contributed by atoms with Crippen LogP contribution in [0.25, 0.3) is 0 Å². The number of hydrogen-bond donors (Lipinski definition) is 1. The number of ether oxygens (including phenoxy) is 1. The van der Waals surface area contributed by atoms with Gasteiger partial charge in [0.2, 0.25) is 5.43 Å². The minimum absolute atomic E-state index is 0.0254. The molecule has 0 unspecified atom stereocenters. The molecule has 3 aliphatic rings. The molecule has 10 heteroatoms. The maximum absolute atomic E-state index is 14.1. The SMILES string of the molecule is COc1c2n(cc(C(=O)NCc3ccc(F)c(Cl)c3F)c1=O)C[C@@H]1[C@@H]3CC[C@@H](C3)N1C2=O. The minimum atomic E-state index is -0.978. The van der Waals surface area contributed by atoms with Crippen molar-refractivity contribution in [1.82, 2.24) is 14.8 Å². The van der Waals surface area contributed by atoms with Crippen LogP contribution in [0.4, 0.5) is 8.78 Å². The van der Waals surface area contributed by atoms with E-state index >= 15 is 0 Å². The molecular formula is C22H20ClF2N3O4. The second kappa shape index (κ2) is 7.58. The first-order chi connectivity index (χ1) is 15.3. The van der Waals surface area contributed by atoms with E-state index in [4.69, 9.17) is 16.3 Å². The average molecular weight is 464 g/mol. The minimum Gasteiger partial charge on any atom is -0.491 e. The molecule has 3 atom stereocenters. The lowest BCUT2D eigenvalue weighted by Gasteiger charge is -2.40. The van der Waals surface area contributed by atoms with Crippen LogP contribution in [-0.2, 0) is 13.1 Å². The molecule has 1 aliphatic carbocycles. The van der Waals surface area contributed by atoms with Gasteiger partial charge in [-0.15, -0.1) is 0 Å². The third-order valence-electron chi connectivity index (χ3n) is 6.80. The Morgan fingerprint density at radius 1 is 1.28 bits per heavy atom. The maximum atomic E-state index is 14.1. The van der Waals surface area contributed by atoms with Crippen molar-refractivity contribution in [2.24, 2.45) is 5.92 Å². The monoisotopic (exact) mass is 463 g/mol. The number of aromatic nitrogens is 1. The Kier molecular flexibility index (Phi) is 4.96. The third-order valence-corrected chi connectivity index (χ3v) is 7.15. The van der Waals surface area contributed by atoms with Crippen molar-refractivity contribution >= 4 is 23.4 Å². The molecule has 2 bridgehead atoms. The van der Waals surface area contributed by atoms with Gasteiger partial charge in [-0.25, -0.2) is 8.78 Å². The highest BCUT2D eigenvalue weighted by molar-refractivity contribution is 6.30. The number of hydrogen-bond acceptors (Lipinski definition) is 4. The molecule has 1 aromatic heterocycles. The molecule has 168 valence electrons. The maximum Gasteiger partial charge on any atom is 0.275 e. The van der Waals surface area contributed by atoms with E-state index in [2.05, 4.69) is 5.32 Å². The summed E-state index contributed by atoms with van der Waals surface area (Å²) in [6.07, 6.45) is 4.34. The molecule has 3 heterocycles. The Hall–Kier alpha value is -2.94. The highest BCUT2D eigenvalue weighted by atomic mass is 35.5. The fraction of sp³-hybridized carbons (Fsp3) is 0.409. The zero-order chi connectivity index (χ0) is 22.7. The van der Waals surface area contributed by atoms with E-state index in [0.29, 0.717) is 12.5 Å². The molecule has 32 heavy (non-hydrogen) atoms. The number of rotatable bonds is 4. The number of piperidine rings is 1. The standard InChI is InChI=1S/C22H20ClF2N3O4/c1-32-20-18-22(31)28-12-4-2-10(6-12)15(28)9-27(18)8-13(19(20)29)21(30)26-7-11-3-5-14(24)16(23)17(11)25/h3,5,8,10,12,15H,2,4,6-7,9H2,1H3,(H,26,30)/t10-,12+,15-/m1/s1. The van der Waals surface area contributed by atoms with Crippen molar-refractivity contribution in [3.63, 3.8) is 0 Å². The summed E-state index contributed by atoms with van der Waals surface area (Å²) < 4.78 is 34.4. The van der Waals surface area contributed by atoms with Crippen LogP contribution >= 0.6 is 11.6 Å². The van der Waals surface area contributed by atoms with Crippen molar-refractivity contribution in [1.29, 1.82) is 0 Å². The normalized spacial score (nSPS) is 23.2. The van der Waals surface area contributed by atoms with E-state index in [1.165, 1.54) is 19.4 Å². The summed E-state index contributed by atoms with van der Waals surface area (Å²) in [5.74, 6) is -2.67. The smallest absolute Gasteiger partial charge is 0.275 e. The molecule has 0 spiro atoms. The van der Waals surface area contributed by atoms with E-state index in [1.807, 2.05) is 4.90 Å². The van der Waals surface area contributed by atoms with E-state index < -0.39 is 28.0 Å². The van der Waals surface area contributed by atoms with Crippen molar-refractivity contribution in [2.45, 2.75) is 44.4 Å². The molecule has 2 amide bonds. The second-order valence-corrected chi connectivity index (χ2v) is 8.81. The van der Waals surface area contributed by atoms with Crippen LogP contribution in [0.3, 0.4) is 0 Å². The molecule has 2 aliphatic heterocycles. The van der Waals surface area contributed by atoms with Gasteiger partial charge in [0.25, 0.3) is 11.8 Å². The van der Waals surface area contributed by atoms with Gasteiger partial charge in [0.05, 0.1) is 13.2 Å². The summed E-state index contributed by atoms with van der Waals surface area (Å²) in [6, 6.07) is 2.38. The van der Waals surface area contributed by atoms with Gasteiger partial charge in [0, 0.05) is 30.9 Å². The van der Waals surface area contributed by atoms with Crippen LogP contribution < -0.4 is 15.5 Å². The molecule has 2 aromatic rings. The number of nitrogens with one attached hydrogen (secondary N) is 1. The molecule has 1 saturated carbocycles. The number of nitrogens with zero attached hydrogens (tertiary/aromatic N) is 2. The van der Waals surface area contributed by atoms with Crippen LogP contribution in [0.2, 0.25) is 5.02 Å². The van der Waals surface area contributed by atoms with Crippen molar-refractivity contribution in [3.05, 3.63) is 62.0 Å². The number of benzene rings is 1. The number of carbonyl (C=O) groups excluding carboxylic acids is 2. The van der Waals surface area contributed by atoms with Crippen molar-refractivity contribution < 1.29 is 23.1 Å². The number of carbonyl (C=O) groups is 2. The van der Waals surface area contributed by atoms with E-state index in [1.54, 1.807) is 4.57 Å². The number of halogens is 3. The predicted molar refractivity (Wildman–Crippen MR) is 111 cm³/mol. The first-order valence-corrected chi connectivity index (χ1v) is 10.7. The fourth-order valence-corrected chi connectivity index (χ4v) is 5.48. The van der Waals surface area contributed by atoms with E-state index in [9.17, 15) is 23.2 Å². The third kappa shape index (κ3) is 3.02. The molecule has 1 aromatic carbocycles. The van der Waals surface area contributed by atoms with Crippen molar-refractivity contribution in [2.75, 3.05) is 7.11 Å². The summed E-state index contributed by atoms with van der Waals surface area (Å²) in [4.78, 5) is 40.8. The number of amides is 2. The highest BCUT2D eigenvalue weighted by Gasteiger charge is 2.51. The average Bonchev–Trinajstić information content (AvgIpc) is 3.39. The Balaban J connectivity index is 1.46. The fourth-order valence-electron chi connectivity index (χ4n) is 5.30. The number of pyridine rings is 1.